The molecule has 0 bridgehead atoms. The average Bonchev–Trinajstić information content (AvgIpc) is 2.82. The van der Waals surface area contributed by atoms with Gasteiger partial charge in [0.1, 0.15) is 22.6 Å². The summed E-state index contributed by atoms with van der Waals surface area (Å²) in [5.74, 6) is -0.461. The Kier molecular flexibility index (Phi) is 8.14. The fraction of sp³-hybridized carbons (Fsp3) is 0.174. The number of nitrogens with one attached hydrogen (secondary N) is 1. The van der Waals surface area contributed by atoms with E-state index in [9.17, 15) is 32.0 Å². The van der Waals surface area contributed by atoms with Crippen LogP contribution in [0.1, 0.15) is 11.1 Å². The maximum absolute atomic E-state index is 13.7. The molecule has 1 aromatic heterocycles. The van der Waals surface area contributed by atoms with Crippen LogP contribution in [0.5, 0.6) is 11.5 Å². The van der Waals surface area contributed by atoms with Crippen LogP contribution in [0, 0.1) is 11.3 Å². The fourth-order valence-electron chi connectivity index (χ4n) is 2.92. The molecule has 0 fully saturated rings. The number of halogens is 5. The number of amides is 1. The van der Waals surface area contributed by atoms with E-state index in [1.165, 1.54) is 25.3 Å². The van der Waals surface area contributed by atoms with Crippen molar-refractivity contribution in [2.45, 2.75) is 17.8 Å². The Morgan fingerprint density at radius 3 is 2.29 bits per heavy atom. The molecule has 3 rings (SSSR count). The molecule has 0 aliphatic heterocycles. The highest BCUT2D eigenvalue weighted by molar-refractivity contribution is 8.00. The van der Waals surface area contributed by atoms with E-state index >= 15 is 0 Å². The lowest BCUT2D eigenvalue weighted by Gasteiger charge is -2.14. The van der Waals surface area contributed by atoms with Gasteiger partial charge in [-0.2, -0.15) is 27.2 Å². The molecule has 0 aliphatic rings. The largest absolute Gasteiger partial charge is 0.497 e. The number of ether oxygens (including phenoxy) is 2. The van der Waals surface area contributed by atoms with E-state index in [0.29, 0.717) is 29.3 Å². The second kappa shape index (κ2) is 11.1. The quantitative estimate of drug-likeness (QED) is 0.297. The minimum Gasteiger partial charge on any atom is -0.497 e. The molecule has 6 nitrogen and oxygen atoms in total. The van der Waals surface area contributed by atoms with Crippen molar-refractivity contribution < 1.29 is 36.2 Å². The molecule has 0 radical (unpaired) electrons. The van der Waals surface area contributed by atoms with Gasteiger partial charge in [0.25, 0.3) is 0 Å². The SMILES string of the molecule is COc1ccc(NC(=O)CSc2nc(-c3ccc(OC(F)F)cc3)cc(C(F)(F)F)c2C#N)cc1. The standard InChI is InChI=1S/C23H16F5N3O3S/c1-33-15-8-4-14(5-9-15)30-20(32)12-35-21-17(11-29)18(23(26,27)28)10-19(31-21)13-2-6-16(7-3-13)34-22(24)25/h2-10,22H,12H2,1H3,(H,30,32). The van der Waals surface area contributed by atoms with Crippen molar-refractivity contribution in [1.82, 2.24) is 4.98 Å². The van der Waals surface area contributed by atoms with E-state index < -0.39 is 29.8 Å². The lowest BCUT2D eigenvalue weighted by Crippen LogP contribution is -2.15. The number of rotatable bonds is 8. The van der Waals surface area contributed by atoms with Crippen LogP contribution in [0.15, 0.2) is 59.6 Å². The molecular formula is C23H16F5N3O3S. The lowest BCUT2D eigenvalue weighted by atomic mass is 10.1. The molecular weight excluding hydrogens is 493 g/mol. The first-order valence-corrected chi connectivity index (χ1v) is 10.7. The number of nitriles is 1. The zero-order valence-electron chi connectivity index (χ0n) is 17.9. The third-order valence-electron chi connectivity index (χ3n) is 4.49. The molecule has 1 amide bonds. The molecule has 2 aromatic carbocycles. The van der Waals surface area contributed by atoms with Crippen LogP contribution in [-0.2, 0) is 11.0 Å². The van der Waals surface area contributed by atoms with Crippen molar-refractivity contribution in [2.24, 2.45) is 0 Å². The Balaban J connectivity index is 1.87. The highest BCUT2D eigenvalue weighted by atomic mass is 32.2. The number of hydrogen-bond acceptors (Lipinski definition) is 6. The zero-order valence-corrected chi connectivity index (χ0v) is 18.7. The van der Waals surface area contributed by atoms with Crippen molar-refractivity contribution in [3.05, 3.63) is 65.7 Å². The maximum atomic E-state index is 13.7. The van der Waals surface area contributed by atoms with Gasteiger partial charge < -0.3 is 14.8 Å². The number of carbonyl (C=O) groups is 1. The van der Waals surface area contributed by atoms with Crippen molar-refractivity contribution in [2.75, 3.05) is 18.2 Å². The predicted molar refractivity (Wildman–Crippen MR) is 118 cm³/mol. The number of hydrogen-bond donors (Lipinski definition) is 1. The van der Waals surface area contributed by atoms with Gasteiger partial charge in [0.05, 0.1) is 29.7 Å². The minimum atomic E-state index is -4.87. The number of alkyl halides is 5. The summed E-state index contributed by atoms with van der Waals surface area (Å²) in [6.07, 6.45) is -4.87. The number of carbonyl (C=O) groups excluding carboxylic acids is 1. The van der Waals surface area contributed by atoms with E-state index in [1.807, 2.05) is 0 Å². The highest BCUT2D eigenvalue weighted by Crippen LogP contribution is 2.38. The van der Waals surface area contributed by atoms with Crippen LogP contribution in [0.2, 0.25) is 0 Å². The van der Waals surface area contributed by atoms with Crippen molar-refractivity contribution >= 4 is 23.4 Å². The Labute approximate surface area is 200 Å². The third-order valence-corrected chi connectivity index (χ3v) is 5.47. The monoisotopic (exact) mass is 509 g/mol. The van der Waals surface area contributed by atoms with E-state index in [0.717, 1.165) is 12.1 Å². The lowest BCUT2D eigenvalue weighted by molar-refractivity contribution is -0.138. The number of anilines is 1. The Morgan fingerprint density at radius 1 is 1.11 bits per heavy atom. The van der Waals surface area contributed by atoms with E-state index in [1.54, 1.807) is 24.3 Å². The molecule has 0 aliphatic carbocycles. The van der Waals surface area contributed by atoms with Gasteiger partial charge in [-0.05, 0) is 54.6 Å². The van der Waals surface area contributed by atoms with Crippen LogP contribution in [-0.4, -0.2) is 30.4 Å². The van der Waals surface area contributed by atoms with Crippen LogP contribution < -0.4 is 14.8 Å². The van der Waals surface area contributed by atoms with E-state index in [-0.39, 0.29) is 27.8 Å². The molecule has 1 N–H and O–H groups in total. The number of nitrogens with zero attached hydrogens (tertiary/aromatic N) is 2. The van der Waals surface area contributed by atoms with E-state index in [4.69, 9.17) is 4.74 Å². The average molecular weight is 509 g/mol. The van der Waals surface area contributed by atoms with E-state index in [2.05, 4.69) is 15.0 Å². The Morgan fingerprint density at radius 2 is 1.74 bits per heavy atom. The first-order valence-electron chi connectivity index (χ1n) is 9.75. The summed E-state index contributed by atoms with van der Waals surface area (Å²) in [5, 5.41) is 11.7. The molecule has 182 valence electrons. The Bertz CT molecular complexity index is 1230. The summed E-state index contributed by atoms with van der Waals surface area (Å²) in [6.45, 7) is -3.06. The van der Waals surface area contributed by atoms with Gasteiger partial charge in [-0.25, -0.2) is 4.98 Å². The van der Waals surface area contributed by atoms with Gasteiger partial charge in [-0.1, -0.05) is 11.8 Å². The van der Waals surface area contributed by atoms with Gasteiger partial charge in [-0.15, -0.1) is 0 Å². The first kappa shape index (κ1) is 25.8. The molecule has 3 aromatic rings. The highest BCUT2D eigenvalue weighted by Gasteiger charge is 2.36. The summed E-state index contributed by atoms with van der Waals surface area (Å²) >= 11 is 0.663. The second-order valence-corrected chi connectivity index (χ2v) is 7.78. The second-order valence-electron chi connectivity index (χ2n) is 6.81. The molecule has 0 saturated heterocycles. The van der Waals surface area contributed by atoms with Crippen molar-refractivity contribution in [1.29, 1.82) is 5.26 Å². The number of thioether (sulfide) groups is 1. The molecule has 12 heteroatoms. The number of methoxy groups -OCH3 is 1. The molecule has 35 heavy (non-hydrogen) atoms. The normalized spacial score (nSPS) is 11.1. The number of benzene rings is 2. The van der Waals surface area contributed by atoms with Gasteiger partial charge in [0.15, 0.2) is 0 Å². The molecule has 0 atom stereocenters. The summed E-state index contributed by atoms with van der Waals surface area (Å²) in [7, 11) is 1.49. The van der Waals surface area contributed by atoms with Crippen LogP contribution in [0.4, 0.5) is 27.6 Å². The summed E-state index contributed by atoms with van der Waals surface area (Å²) in [4.78, 5) is 16.5. The topological polar surface area (TPSA) is 84.2 Å². The predicted octanol–water partition coefficient (Wildman–Crippen LogP) is 5.98. The summed E-state index contributed by atoms with van der Waals surface area (Å²) in [6, 6.07) is 13.5. The van der Waals surface area contributed by atoms with Gasteiger partial charge in [0.2, 0.25) is 5.91 Å². The van der Waals surface area contributed by atoms with Crippen molar-refractivity contribution in [3.8, 4) is 28.8 Å². The smallest absolute Gasteiger partial charge is 0.417 e. The molecule has 0 unspecified atom stereocenters. The third kappa shape index (κ3) is 6.83. The van der Waals surface area contributed by atoms with Crippen LogP contribution >= 0.6 is 11.8 Å². The van der Waals surface area contributed by atoms with Gasteiger partial charge >= 0.3 is 12.8 Å². The zero-order chi connectivity index (χ0) is 25.6. The van der Waals surface area contributed by atoms with Crippen LogP contribution in [0.25, 0.3) is 11.3 Å². The molecule has 1 heterocycles. The Hall–Kier alpha value is -3.85. The number of aromatic nitrogens is 1. The summed E-state index contributed by atoms with van der Waals surface area (Å²) in [5.41, 5.74) is -1.48. The number of pyridine rings is 1. The maximum Gasteiger partial charge on any atom is 0.417 e. The van der Waals surface area contributed by atoms with Crippen molar-refractivity contribution in [3.63, 3.8) is 0 Å². The molecule has 0 spiro atoms. The van der Waals surface area contributed by atoms with Gasteiger partial charge in [-0.3, -0.25) is 4.79 Å². The van der Waals surface area contributed by atoms with Crippen LogP contribution in [0.3, 0.4) is 0 Å². The van der Waals surface area contributed by atoms with Gasteiger partial charge in [0, 0.05) is 11.3 Å². The minimum absolute atomic E-state index is 0.155. The fourth-order valence-corrected chi connectivity index (χ4v) is 3.72. The molecule has 0 saturated carbocycles. The summed E-state index contributed by atoms with van der Waals surface area (Å²) < 4.78 is 75.0. The first-order chi connectivity index (χ1) is 16.6.